The normalized spacial score (nSPS) is 19.6. The van der Waals surface area contributed by atoms with Crippen molar-refractivity contribution in [3.05, 3.63) is 83.7 Å². The minimum atomic E-state index is -1.12. The number of carbonyl (C=O) groups is 2. The van der Waals surface area contributed by atoms with E-state index in [-0.39, 0.29) is 17.9 Å². The van der Waals surface area contributed by atoms with E-state index in [0.29, 0.717) is 28.8 Å². The van der Waals surface area contributed by atoms with Gasteiger partial charge in [-0.1, -0.05) is 31.4 Å². The van der Waals surface area contributed by atoms with E-state index in [9.17, 15) is 9.59 Å². The Morgan fingerprint density at radius 3 is 2.42 bits per heavy atom. The van der Waals surface area contributed by atoms with Crippen LogP contribution in [0, 0.1) is 5.92 Å². The van der Waals surface area contributed by atoms with Gasteiger partial charge in [0.25, 0.3) is 5.91 Å². The summed E-state index contributed by atoms with van der Waals surface area (Å²) in [5.74, 6) is 0.343. The molecule has 1 aromatic heterocycles. The van der Waals surface area contributed by atoms with Crippen LogP contribution in [0.5, 0.6) is 0 Å². The van der Waals surface area contributed by atoms with Gasteiger partial charge in [0.2, 0.25) is 5.91 Å². The average Bonchev–Trinajstić information content (AvgIpc) is 3.22. The Hall–Kier alpha value is -3.87. The zero-order valence-corrected chi connectivity index (χ0v) is 22.4. The fourth-order valence-electron chi connectivity index (χ4n) is 6.04. The maximum atomic E-state index is 13.4. The molecule has 0 saturated heterocycles. The molecule has 4 N–H and O–H groups in total. The molecule has 2 unspecified atom stereocenters. The molecule has 1 saturated carbocycles. The van der Waals surface area contributed by atoms with Crippen molar-refractivity contribution in [2.45, 2.75) is 63.5 Å². The highest BCUT2D eigenvalue weighted by Crippen LogP contribution is 2.54. The summed E-state index contributed by atoms with van der Waals surface area (Å²) in [4.78, 5) is 33.4. The fraction of sp³-hybridized carbons (Fsp3) is 0.387. The molecule has 2 aliphatic rings. The highest BCUT2D eigenvalue weighted by atomic mass is 16.2. The molecule has 2 heterocycles. The summed E-state index contributed by atoms with van der Waals surface area (Å²) in [6, 6.07) is 19.1. The molecule has 7 heteroatoms. The summed E-state index contributed by atoms with van der Waals surface area (Å²) in [6.45, 7) is 3.40. The van der Waals surface area contributed by atoms with Crippen molar-refractivity contribution in [2.75, 3.05) is 23.0 Å². The van der Waals surface area contributed by atoms with Crippen LogP contribution >= 0.6 is 0 Å². The summed E-state index contributed by atoms with van der Waals surface area (Å²) in [5.41, 5.74) is 9.81. The van der Waals surface area contributed by atoms with Crippen molar-refractivity contribution in [1.29, 1.82) is 0 Å². The number of benzene rings is 2. The van der Waals surface area contributed by atoms with Gasteiger partial charge in [0.05, 0.1) is 11.7 Å². The Morgan fingerprint density at radius 1 is 1.00 bits per heavy atom. The molecule has 0 bridgehead atoms. The van der Waals surface area contributed by atoms with Gasteiger partial charge in [-0.15, -0.1) is 0 Å². The lowest BCUT2D eigenvalue weighted by atomic mass is 9.74. The van der Waals surface area contributed by atoms with Crippen LogP contribution in [0.1, 0.15) is 79.5 Å². The Bertz CT molecular complexity index is 1300. The van der Waals surface area contributed by atoms with Gasteiger partial charge >= 0.3 is 0 Å². The molecular weight excluding hydrogens is 474 g/mol. The van der Waals surface area contributed by atoms with E-state index in [2.05, 4.69) is 34.7 Å². The number of aromatic nitrogens is 1. The number of hydrogen-bond donors (Lipinski definition) is 3. The lowest BCUT2D eigenvalue weighted by molar-refractivity contribution is -0.120. The monoisotopic (exact) mass is 511 g/mol. The minimum absolute atomic E-state index is 0.134. The second-order valence-electron chi connectivity index (χ2n) is 11.2. The number of nitrogen functional groups attached to an aromatic ring is 1. The third-order valence-electron chi connectivity index (χ3n) is 8.10. The van der Waals surface area contributed by atoms with Crippen LogP contribution in [0.2, 0.25) is 0 Å². The quantitative estimate of drug-likeness (QED) is 0.371. The van der Waals surface area contributed by atoms with E-state index < -0.39 is 5.54 Å². The molecule has 3 aromatic rings. The molecule has 1 aliphatic carbocycles. The lowest BCUT2D eigenvalue weighted by Gasteiger charge is -2.34. The topological polar surface area (TPSA) is 100 Å². The van der Waals surface area contributed by atoms with Crippen LogP contribution in [0.4, 0.5) is 17.1 Å². The van der Waals surface area contributed by atoms with Crippen LogP contribution in [-0.4, -0.2) is 29.4 Å². The smallest absolute Gasteiger partial charge is 0.252 e. The summed E-state index contributed by atoms with van der Waals surface area (Å²) in [5, 5.41) is 5.78. The van der Waals surface area contributed by atoms with Gasteiger partial charge in [0.1, 0.15) is 5.54 Å². The summed E-state index contributed by atoms with van der Waals surface area (Å²) >= 11 is 0. The van der Waals surface area contributed by atoms with Gasteiger partial charge in [-0.3, -0.25) is 14.6 Å². The van der Waals surface area contributed by atoms with Gasteiger partial charge in [-0.05, 0) is 86.7 Å². The van der Waals surface area contributed by atoms with Gasteiger partial charge in [0, 0.05) is 41.8 Å². The predicted octanol–water partition coefficient (Wildman–Crippen LogP) is 5.67. The molecule has 5 rings (SSSR count). The van der Waals surface area contributed by atoms with Crippen LogP contribution < -0.4 is 21.3 Å². The third kappa shape index (κ3) is 5.10. The van der Waals surface area contributed by atoms with E-state index in [1.54, 1.807) is 38.1 Å². The van der Waals surface area contributed by atoms with Crippen molar-refractivity contribution >= 4 is 28.9 Å². The summed E-state index contributed by atoms with van der Waals surface area (Å²) in [6.07, 6.45) is 8.15. The van der Waals surface area contributed by atoms with Gasteiger partial charge in [0.15, 0.2) is 0 Å². The van der Waals surface area contributed by atoms with Crippen LogP contribution in [-0.2, 0) is 4.79 Å². The zero-order chi connectivity index (χ0) is 26.9. The van der Waals surface area contributed by atoms with Crippen molar-refractivity contribution < 1.29 is 9.59 Å². The molecule has 2 amide bonds. The van der Waals surface area contributed by atoms with Gasteiger partial charge < -0.3 is 21.3 Å². The first-order valence-corrected chi connectivity index (χ1v) is 13.5. The summed E-state index contributed by atoms with van der Waals surface area (Å²) < 4.78 is 0. The van der Waals surface area contributed by atoms with Gasteiger partial charge in [-0.2, -0.15) is 0 Å². The van der Waals surface area contributed by atoms with Crippen LogP contribution in [0.3, 0.4) is 0 Å². The first kappa shape index (κ1) is 25.8. The first-order valence-electron chi connectivity index (χ1n) is 13.5. The van der Waals surface area contributed by atoms with Gasteiger partial charge in [-0.25, -0.2) is 0 Å². The number of fused-ring (bicyclic) bond motifs is 1. The molecule has 7 nitrogen and oxygen atoms in total. The highest BCUT2D eigenvalue weighted by Gasteiger charge is 2.43. The van der Waals surface area contributed by atoms with E-state index in [0.717, 1.165) is 11.4 Å². The van der Waals surface area contributed by atoms with E-state index in [4.69, 9.17) is 10.7 Å². The van der Waals surface area contributed by atoms with E-state index in [1.165, 1.54) is 37.7 Å². The fourth-order valence-corrected chi connectivity index (χ4v) is 6.04. The van der Waals surface area contributed by atoms with Crippen molar-refractivity contribution in [3.8, 4) is 0 Å². The molecule has 0 spiro atoms. The molecule has 198 valence electrons. The molecule has 2 atom stereocenters. The highest BCUT2D eigenvalue weighted by molar-refractivity contribution is 6.03. The lowest BCUT2D eigenvalue weighted by Crippen LogP contribution is -2.52. The Kier molecular flexibility index (Phi) is 7.11. The van der Waals surface area contributed by atoms with E-state index in [1.807, 2.05) is 30.5 Å². The van der Waals surface area contributed by atoms with Crippen molar-refractivity contribution in [3.63, 3.8) is 0 Å². The predicted molar refractivity (Wildman–Crippen MR) is 152 cm³/mol. The minimum Gasteiger partial charge on any atom is -0.399 e. The second-order valence-corrected chi connectivity index (χ2v) is 11.2. The van der Waals surface area contributed by atoms with Crippen molar-refractivity contribution in [2.24, 2.45) is 5.92 Å². The number of carbonyl (C=O) groups excluding carboxylic acids is 2. The molecular formula is C31H37N5O2. The standard InChI is InChI=1S/C31H37N5O2/c1-31(2,30(38)34-23-15-13-22(32)14-16-23)35-29(37)21-12-17-24-26(19-21)36(3)28(25-11-7-8-18-33-25)27(24)20-9-5-4-6-10-20/h7-8,11-20,27-28H,4-6,9-10,32H2,1-3H3,(H,34,38)(H,35,37). The Labute approximate surface area is 224 Å². The number of hydrogen-bond acceptors (Lipinski definition) is 5. The number of nitrogens with one attached hydrogen (secondary N) is 2. The number of rotatable bonds is 6. The molecule has 38 heavy (non-hydrogen) atoms. The first-order chi connectivity index (χ1) is 18.2. The maximum Gasteiger partial charge on any atom is 0.252 e. The van der Waals surface area contributed by atoms with Crippen LogP contribution in [0.15, 0.2) is 66.9 Å². The second kappa shape index (κ2) is 10.5. The Morgan fingerprint density at radius 2 is 1.74 bits per heavy atom. The molecule has 2 aromatic carbocycles. The average molecular weight is 512 g/mol. The SMILES string of the molecule is CN1c2cc(C(=O)NC(C)(C)C(=O)Nc3ccc(N)cc3)ccc2C(C2CCCCC2)C1c1ccccn1. The largest absolute Gasteiger partial charge is 0.399 e. The zero-order valence-electron chi connectivity index (χ0n) is 22.4. The Balaban J connectivity index is 1.38. The number of anilines is 3. The number of amides is 2. The molecule has 1 aliphatic heterocycles. The van der Waals surface area contributed by atoms with E-state index >= 15 is 0 Å². The summed E-state index contributed by atoms with van der Waals surface area (Å²) in [7, 11) is 2.10. The number of likely N-dealkylation sites (N-methyl/N-ethyl adjacent to an activating group) is 1. The number of pyridine rings is 1. The number of nitrogens with zero attached hydrogens (tertiary/aromatic N) is 2. The van der Waals surface area contributed by atoms with Crippen LogP contribution in [0.25, 0.3) is 0 Å². The van der Waals surface area contributed by atoms with Crippen molar-refractivity contribution in [1.82, 2.24) is 10.3 Å². The maximum absolute atomic E-state index is 13.4. The number of nitrogens with two attached hydrogens (primary N) is 1. The molecule has 1 fully saturated rings. The molecule has 0 radical (unpaired) electrons. The third-order valence-corrected chi connectivity index (χ3v) is 8.10.